The number of carbonyl (C=O) groups is 2. The molecule has 2 N–H and O–H groups in total. The molecule has 3 rings (SSSR count). The fraction of sp³-hybridized carbons (Fsp3) is 0.192. The lowest BCUT2D eigenvalue weighted by atomic mass is 9.88. The maximum absolute atomic E-state index is 13.3. The first-order valence-corrected chi connectivity index (χ1v) is 10.2. The molecule has 1 amide bonds. The van der Waals surface area contributed by atoms with E-state index in [9.17, 15) is 14.0 Å². The van der Waals surface area contributed by atoms with E-state index in [1.807, 2.05) is 32.3 Å². The van der Waals surface area contributed by atoms with E-state index in [4.69, 9.17) is 5.26 Å². The summed E-state index contributed by atoms with van der Waals surface area (Å²) in [7, 11) is 3.75. The first kappa shape index (κ1) is 24.4. The van der Waals surface area contributed by atoms with Crippen LogP contribution >= 0.6 is 0 Å². The molecule has 0 aromatic heterocycles. The Labute approximate surface area is 187 Å². The third-order valence-corrected chi connectivity index (χ3v) is 4.74. The van der Waals surface area contributed by atoms with Gasteiger partial charge in [0.1, 0.15) is 12.1 Å². The van der Waals surface area contributed by atoms with Gasteiger partial charge in [0.2, 0.25) is 0 Å². The molecule has 0 aliphatic heterocycles. The summed E-state index contributed by atoms with van der Waals surface area (Å²) in [6.07, 6.45) is 1.39. The van der Waals surface area contributed by atoms with Crippen LogP contribution in [-0.2, 0) is 0 Å². The second-order valence-corrected chi connectivity index (χ2v) is 7.12. The van der Waals surface area contributed by atoms with E-state index in [0.29, 0.717) is 29.7 Å². The fourth-order valence-electron chi connectivity index (χ4n) is 3.16. The number of nitrogens with zero attached hydrogens (tertiary/aromatic N) is 1. The van der Waals surface area contributed by atoms with Crippen LogP contribution in [-0.4, -0.2) is 32.8 Å². The predicted octanol–water partition coefficient (Wildman–Crippen LogP) is 4.30. The van der Waals surface area contributed by atoms with Crippen LogP contribution in [0.4, 0.5) is 4.39 Å². The molecule has 1 atom stereocenters. The molecule has 0 saturated heterocycles. The minimum absolute atomic E-state index is 0.0578. The standard InChI is InChI=1S/C24H19FN2O2.C2H7N/c25-22-11-9-20(10-12-22)23(19-5-3-18(16-28)4-6-19)13-14-27-24(29)21-7-1-17(15-26)2-8-21;1-3-2/h1-12,16,23H,13-14H2,(H,27,29);3H,1-2H3. The molecule has 3 aromatic carbocycles. The molecule has 5 nitrogen and oxygen atoms in total. The number of hydrogen-bond acceptors (Lipinski definition) is 4. The van der Waals surface area contributed by atoms with Crippen molar-refractivity contribution in [3.05, 3.63) is 106 Å². The summed E-state index contributed by atoms with van der Waals surface area (Å²) in [6.45, 7) is 0.413. The molecule has 0 heterocycles. The number of nitrogens with one attached hydrogen (secondary N) is 2. The maximum atomic E-state index is 13.3. The SMILES string of the molecule is CNC.N#Cc1ccc(C(=O)NCCC(c2ccc(F)cc2)c2ccc(C=O)cc2)cc1. The van der Waals surface area contributed by atoms with Gasteiger partial charge in [-0.05, 0) is 68.0 Å². The number of hydrogen-bond donors (Lipinski definition) is 2. The van der Waals surface area contributed by atoms with Crippen LogP contribution in [0.5, 0.6) is 0 Å². The minimum atomic E-state index is -0.307. The number of halogens is 1. The van der Waals surface area contributed by atoms with Crippen molar-refractivity contribution in [2.24, 2.45) is 0 Å². The zero-order valence-corrected chi connectivity index (χ0v) is 18.1. The van der Waals surface area contributed by atoms with Gasteiger partial charge in [0.15, 0.2) is 0 Å². The molecule has 0 aliphatic carbocycles. The molecule has 32 heavy (non-hydrogen) atoms. The summed E-state index contributed by atoms with van der Waals surface area (Å²) >= 11 is 0. The lowest BCUT2D eigenvalue weighted by Crippen LogP contribution is -2.25. The highest BCUT2D eigenvalue weighted by Crippen LogP contribution is 2.28. The Balaban J connectivity index is 0.00000114. The molecule has 0 radical (unpaired) electrons. The van der Waals surface area contributed by atoms with E-state index < -0.39 is 0 Å². The maximum Gasteiger partial charge on any atom is 0.251 e. The molecular weight excluding hydrogens is 405 g/mol. The van der Waals surface area contributed by atoms with E-state index in [0.717, 1.165) is 17.4 Å². The van der Waals surface area contributed by atoms with Crippen LogP contribution in [0.2, 0.25) is 0 Å². The third kappa shape index (κ3) is 7.15. The molecule has 0 saturated carbocycles. The summed E-state index contributed by atoms with van der Waals surface area (Å²) in [4.78, 5) is 23.3. The van der Waals surface area contributed by atoms with Crippen LogP contribution in [0.25, 0.3) is 0 Å². The number of benzene rings is 3. The summed E-state index contributed by atoms with van der Waals surface area (Å²) in [6, 6.07) is 22.0. The highest BCUT2D eigenvalue weighted by molar-refractivity contribution is 5.94. The molecule has 1 unspecified atom stereocenters. The monoisotopic (exact) mass is 431 g/mol. The highest BCUT2D eigenvalue weighted by atomic mass is 19.1. The summed E-state index contributed by atoms with van der Waals surface area (Å²) < 4.78 is 13.3. The van der Waals surface area contributed by atoms with Crippen molar-refractivity contribution in [3.63, 3.8) is 0 Å². The normalized spacial score (nSPS) is 10.8. The first-order chi connectivity index (χ1) is 15.5. The Morgan fingerprint density at radius 2 is 1.50 bits per heavy atom. The minimum Gasteiger partial charge on any atom is -0.352 e. The summed E-state index contributed by atoms with van der Waals surface area (Å²) in [5, 5.41) is 14.5. The zero-order chi connectivity index (χ0) is 23.3. The summed E-state index contributed by atoms with van der Waals surface area (Å²) in [5.74, 6) is -0.584. The molecule has 164 valence electrons. The molecule has 3 aromatic rings. The van der Waals surface area contributed by atoms with E-state index >= 15 is 0 Å². The predicted molar refractivity (Wildman–Crippen MR) is 123 cm³/mol. The molecule has 0 bridgehead atoms. The van der Waals surface area contributed by atoms with Gasteiger partial charge < -0.3 is 10.6 Å². The first-order valence-electron chi connectivity index (χ1n) is 10.2. The van der Waals surface area contributed by atoms with Crippen LogP contribution in [0.15, 0.2) is 72.8 Å². The number of aldehydes is 1. The van der Waals surface area contributed by atoms with Gasteiger partial charge in [0.25, 0.3) is 5.91 Å². The van der Waals surface area contributed by atoms with E-state index in [1.165, 1.54) is 12.1 Å². The van der Waals surface area contributed by atoms with Crippen LogP contribution in [0.1, 0.15) is 49.7 Å². The van der Waals surface area contributed by atoms with Gasteiger partial charge in [-0.15, -0.1) is 0 Å². The van der Waals surface area contributed by atoms with Crippen LogP contribution in [0, 0.1) is 17.1 Å². The highest BCUT2D eigenvalue weighted by Gasteiger charge is 2.15. The van der Waals surface area contributed by atoms with Crippen molar-refractivity contribution >= 4 is 12.2 Å². The van der Waals surface area contributed by atoms with Crippen LogP contribution in [0.3, 0.4) is 0 Å². The lowest BCUT2D eigenvalue weighted by Gasteiger charge is -2.19. The Kier molecular flexibility index (Phi) is 9.76. The Hall–Kier alpha value is -3.82. The van der Waals surface area contributed by atoms with Crippen LogP contribution < -0.4 is 10.6 Å². The molecular formula is C26H26FN3O2. The molecule has 0 aliphatic rings. The van der Waals surface area contributed by atoms with Crippen molar-refractivity contribution in [3.8, 4) is 6.07 Å². The lowest BCUT2D eigenvalue weighted by molar-refractivity contribution is 0.0952. The van der Waals surface area contributed by atoms with Gasteiger partial charge in [-0.1, -0.05) is 36.4 Å². The van der Waals surface area contributed by atoms with Crippen molar-refractivity contribution in [2.75, 3.05) is 20.6 Å². The second kappa shape index (κ2) is 12.8. The molecule has 0 fully saturated rings. The van der Waals surface area contributed by atoms with E-state index in [-0.39, 0.29) is 17.6 Å². The largest absolute Gasteiger partial charge is 0.352 e. The smallest absolute Gasteiger partial charge is 0.251 e. The fourth-order valence-corrected chi connectivity index (χ4v) is 3.16. The van der Waals surface area contributed by atoms with E-state index in [2.05, 4.69) is 10.6 Å². The van der Waals surface area contributed by atoms with E-state index in [1.54, 1.807) is 48.5 Å². The second-order valence-electron chi connectivity index (χ2n) is 7.12. The van der Waals surface area contributed by atoms with Gasteiger partial charge in [-0.25, -0.2) is 4.39 Å². The number of nitriles is 1. The van der Waals surface area contributed by atoms with Gasteiger partial charge in [0.05, 0.1) is 11.6 Å². The van der Waals surface area contributed by atoms with Gasteiger partial charge in [-0.2, -0.15) is 5.26 Å². The zero-order valence-electron chi connectivity index (χ0n) is 18.1. The van der Waals surface area contributed by atoms with Crippen molar-refractivity contribution in [2.45, 2.75) is 12.3 Å². The number of amides is 1. The van der Waals surface area contributed by atoms with Gasteiger partial charge >= 0.3 is 0 Å². The van der Waals surface area contributed by atoms with Crippen molar-refractivity contribution in [1.29, 1.82) is 5.26 Å². The van der Waals surface area contributed by atoms with Gasteiger partial charge in [0, 0.05) is 23.6 Å². The van der Waals surface area contributed by atoms with Crippen molar-refractivity contribution < 1.29 is 14.0 Å². The summed E-state index contributed by atoms with van der Waals surface area (Å²) in [5.41, 5.74) is 3.47. The third-order valence-electron chi connectivity index (χ3n) is 4.74. The number of carbonyl (C=O) groups excluding carboxylic acids is 2. The topological polar surface area (TPSA) is 82.0 Å². The average molecular weight is 432 g/mol. The Morgan fingerprint density at radius 1 is 0.969 bits per heavy atom. The average Bonchev–Trinajstić information content (AvgIpc) is 2.83. The molecule has 0 spiro atoms. The Bertz CT molecular complexity index is 1040. The van der Waals surface area contributed by atoms with Crippen molar-refractivity contribution in [1.82, 2.24) is 10.6 Å². The number of rotatable bonds is 7. The molecule has 6 heteroatoms. The Morgan fingerprint density at radius 3 is 2.00 bits per heavy atom. The van der Waals surface area contributed by atoms with Gasteiger partial charge in [-0.3, -0.25) is 9.59 Å². The quantitative estimate of drug-likeness (QED) is 0.547.